The van der Waals surface area contributed by atoms with Crippen LogP contribution in [0.2, 0.25) is 0 Å². The second kappa shape index (κ2) is 9.37. The van der Waals surface area contributed by atoms with Gasteiger partial charge in [-0.15, -0.1) is 0 Å². The van der Waals surface area contributed by atoms with E-state index in [1.165, 1.54) is 19.3 Å². The Balaban J connectivity index is 1.72. The van der Waals surface area contributed by atoms with E-state index < -0.39 is 0 Å². The van der Waals surface area contributed by atoms with Gasteiger partial charge in [0, 0.05) is 23.4 Å². The van der Waals surface area contributed by atoms with Crippen LogP contribution < -0.4 is 15.9 Å². The Morgan fingerprint density at radius 1 is 1.11 bits per heavy atom. The van der Waals surface area contributed by atoms with Crippen LogP contribution in [-0.4, -0.2) is 36.7 Å². The predicted octanol–water partition coefficient (Wildman–Crippen LogP) is 3.42. The molecule has 0 aliphatic carbocycles. The Bertz CT molecular complexity index is 840. The van der Waals surface area contributed by atoms with Crippen LogP contribution in [0, 0.1) is 0 Å². The molecule has 0 spiro atoms. The lowest BCUT2D eigenvalue weighted by molar-refractivity contribution is 0.0955. The topological polar surface area (TPSA) is 79.9 Å². The smallest absolute Gasteiger partial charge is 0.271 e. The van der Waals surface area contributed by atoms with Gasteiger partial charge in [0.15, 0.2) is 0 Å². The van der Waals surface area contributed by atoms with E-state index in [1.807, 2.05) is 19.1 Å². The van der Waals surface area contributed by atoms with Gasteiger partial charge in [0.05, 0.1) is 12.8 Å². The number of methoxy groups -OCH3 is 1. The molecule has 1 saturated heterocycles. The first-order valence-electron chi connectivity index (χ1n) is 9.66. The average Bonchev–Trinajstić information content (AvgIpc) is 2.73. The number of nitrogen functional groups attached to an aromatic ring is 1. The van der Waals surface area contributed by atoms with Crippen LogP contribution in [0.1, 0.15) is 47.7 Å². The van der Waals surface area contributed by atoms with Crippen molar-refractivity contribution < 1.29 is 9.53 Å². The third kappa shape index (κ3) is 5.10. The van der Waals surface area contributed by atoms with Crippen LogP contribution in [0.4, 0.5) is 5.69 Å². The Hall–Kier alpha value is -2.86. The zero-order valence-electron chi connectivity index (χ0n) is 16.6. The predicted molar refractivity (Wildman–Crippen MR) is 113 cm³/mol. The molecule has 3 N–H and O–H groups in total. The number of rotatable bonds is 6. The Labute approximate surface area is 166 Å². The van der Waals surface area contributed by atoms with E-state index in [0.717, 1.165) is 42.2 Å². The standard InChI is InChI=1S/C22H28N4O2/c1-16(24-25-22(27)17-6-9-20(23)10-7-17)18-8-11-21(28-2)19(14-18)15-26-12-4-3-5-13-26/h6-11,14H,3-5,12-13,15,23H2,1-2H3,(H,25,27)/b24-16-. The van der Waals surface area contributed by atoms with Gasteiger partial charge in [0.2, 0.25) is 0 Å². The summed E-state index contributed by atoms with van der Waals surface area (Å²) in [4.78, 5) is 14.7. The summed E-state index contributed by atoms with van der Waals surface area (Å²) in [5.41, 5.74) is 12.3. The van der Waals surface area contributed by atoms with Crippen molar-refractivity contribution in [3.63, 3.8) is 0 Å². The highest BCUT2D eigenvalue weighted by Crippen LogP contribution is 2.23. The average molecular weight is 380 g/mol. The number of hydrazone groups is 1. The van der Waals surface area contributed by atoms with E-state index in [1.54, 1.807) is 31.4 Å². The number of carbonyl (C=O) groups excluding carboxylic acids is 1. The summed E-state index contributed by atoms with van der Waals surface area (Å²) in [6, 6.07) is 12.8. The van der Waals surface area contributed by atoms with Crippen LogP contribution in [0.25, 0.3) is 0 Å². The molecular weight excluding hydrogens is 352 g/mol. The number of nitrogens with one attached hydrogen (secondary N) is 1. The molecule has 1 fully saturated rings. The monoisotopic (exact) mass is 380 g/mol. The number of nitrogens with two attached hydrogens (primary N) is 1. The number of benzene rings is 2. The van der Waals surface area contributed by atoms with Crippen molar-refractivity contribution in [2.75, 3.05) is 25.9 Å². The van der Waals surface area contributed by atoms with E-state index in [-0.39, 0.29) is 5.91 Å². The van der Waals surface area contributed by atoms with E-state index in [9.17, 15) is 4.79 Å². The van der Waals surface area contributed by atoms with Gasteiger partial charge in [-0.1, -0.05) is 6.42 Å². The van der Waals surface area contributed by atoms with E-state index in [0.29, 0.717) is 11.3 Å². The Morgan fingerprint density at radius 3 is 2.46 bits per heavy atom. The molecule has 0 radical (unpaired) electrons. The molecule has 0 bridgehead atoms. The lowest BCUT2D eigenvalue weighted by atomic mass is 10.0. The molecule has 0 unspecified atom stereocenters. The van der Waals surface area contributed by atoms with Crippen molar-refractivity contribution in [1.29, 1.82) is 0 Å². The minimum atomic E-state index is -0.263. The lowest BCUT2D eigenvalue weighted by Crippen LogP contribution is -2.29. The fourth-order valence-corrected chi connectivity index (χ4v) is 3.38. The second-order valence-electron chi connectivity index (χ2n) is 7.12. The summed E-state index contributed by atoms with van der Waals surface area (Å²) in [5, 5.41) is 4.27. The van der Waals surface area contributed by atoms with Crippen molar-refractivity contribution in [1.82, 2.24) is 10.3 Å². The maximum atomic E-state index is 12.2. The molecule has 6 heteroatoms. The first-order chi connectivity index (χ1) is 13.6. The van der Waals surface area contributed by atoms with Crippen LogP contribution >= 0.6 is 0 Å². The highest BCUT2D eigenvalue weighted by Gasteiger charge is 2.14. The molecule has 3 rings (SSSR count). The number of carbonyl (C=O) groups is 1. The number of nitrogens with zero attached hydrogens (tertiary/aromatic N) is 2. The SMILES string of the molecule is COc1ccc(/C(C)=N\NC(=O)c2ccc(N)cc2)cc1CN1CCCCC1. The van der Waals surface area contributed by atoms with Gasteiger partial charge in [0.25, 0.3) is 5.91 Å². The molecule has 28 heavy (non-hydrogen) atoms. The summed E-state index contributed by atoms with van der Waals surface area (Å²) in [7, 11) is 1.70. The Kier molecular flexibility index (Phi) is 6.66. The fourth-order valence-electron chi connectivity index (χ4n) is 3.38. The van der Waals surface area contributed by atoms with Crippen molar-refractivity contribution in [3.8, 4) is 5.75 Å². The number of amides is 1. The van der Waals surface area contributed by atoms with Crippen LogP contribution in [-0.2, 0) is 6.54 Å². The maximum absolute atomic E-state index is 12.2. The highest BCUT2D eigenvalue weighted by atomic mass is 16.5. The number of hydrogen-bond acceptors (Lipinski definition) is 5. The van der Waals surface area contributed by atoms with Crippen LogP contribution in [0.15, 0.2) is 47.6 Å². The zero-order chi connectivity index (χ0) is 19.9. The lowest BCUT2D eigenvalue weighted by Gasteiger charge is -2.27. The molecule has 1 aliphatic rings. The number of ether oxygens (including phenoxy) is 1. The first kappa shape index (κ1) is 19.9. The van der Waals surface area contributed by atoms with Crippen LogP contribution in [0.3, 0.4) is 0 Å². The maximum Gasteiger partial charge on any atom is 0.271 e. The zero-order valence-corrected chi connectivity index (χ0v) is 16.6. The third-order valence-corrected chi connectivity index (χ3v) is 5.04. The van der Waals surface area contributed by atoms with Gasteiger partial charge < -0.3 is 10.5 Å². The van der Waals surface area contributed by atoms with Crippen molar-refractivity contribution in [3.05, 3.63) is 59.2 Å². The second-order valence-corrected chi connectivity index (χ2v) is 7.12. The van der Waals surface area contributed by atoms with Crippen molar-refractivity contribution >= 4 is 17.3 Å². The molecular formula is C22H28N4O2. The summed E-state index contributed by atoms with van der Waals surface area (Å²) >= 11 is 0. The minimum Gasteiger partial charge on any atom is -0.496 e. The molecule has 0 aromatic heterocycles. The molecule has 148 valence electrons. The summed E-state index contributed by atoms with van der Waals surface area (Å²) in [6.07, 6.45) is 3.81. The third-order valence-electron chi connectivity index (χ3n) is 5.04. The normalized spacial score (nSPS) is 15.3. The van der Waals surface area contributed by atoms with Gasteiger partial charge in [0.1, 0.15) is 5.75 Å². The summed E-state index contributed by atoms with van der Waals surface area (Å²) in [6.45, 7) is 4.99. The molecule has 6 nitrogen and oxygen atoms in total. The minimum absolute atomic E-state index is 0.263. The summed E-state index contributed by atoms with van der Waals surface area (Å²) < 4.78 is 5.54. The summed E-state index contributed by atoms with van der Waals surface area (Å²) in [5.74, 6) is 0.620. The van der Waals surface area contributed by atoms with Crippen molar-refractivity contribution in [2.24, 2.45) is 5.10 Å². The largest absolute Gasteiger partial charge is 0.496 e. The fraction of sp³-hybridized carbons (Fsp3) is 0.364. The van der Waals surface area contributed by atoms with Gasteiger partial charge >= 0.3 is 0 Å². The first-order valence-corrected chi connectivity index (χ1v) is 9.66. The molecule has 2 aromatic rings. The number of hydrogen-bond donors (Lipinski definition) is 2. The molecule has 0 saturated carbocycles. The van der Waals surface area contributed by atoms with Gasteiger partial charge in [-0.25, -0.2) is 5.43 Å². The number of anilines is 1. The van der Waals surface area contributed by atoms with E-state index in [2.05, 4.69) is 21.5 Å². The number of piperidine rings is 1. The molecule has 0 atom stereocenters. The molecule has 1 heterocycles. The van der Waals surface area contributed by atoms with Crippen molar-refractivity contribution in [2.45, 2.75) is 32.7 Å². The van der Waals surface area contributed by atoms with Gasteiger partial charge in [-0.05, 0) is 80.9 Å². The van der Waals surface area contributed by atoms with Crippen LogP contribution in [0.5, 0.6) is 5.75 Å². The molecule has 2 aromatic carbocycles. The van der Waals surface area contributed by atoms with Gasteiger partial charge in [-0.2, -0.15) is 5.10 Å². The van der Waals surface area contributed by atoms with Gasteiger partial charge in [-0.3, -0.25) is 9.69 Å². The van der Waals surface area contributed by atoms with E-state index in [4.69, 9.17) is 10.5 Å². The molecule has 1 aliphatic heterocycles. The highest BCUT2D eigenvalue weighted by molar-refractivity contribution is 6.01. The van der Waals surface area contributed by atoms with E-state index >= 15 is 0 Å². The Morgan fingerprint density at radius 2 is 1.79 bits per heavy atom. The molecule has 1 amide bonds. The number of likely N-dealkylation sites (tertiary alicyclic amines) is 1. The quantitative estimate of drug-likeness (QED) is 0.457.